The van der Waals surface area contributed by atoms with Crippen LogP contribution in [0.1, 0.15) is 24.6 Å². The Morgan fingerprint density at radius 3 is 2.96 bits per heavy atom. The van der Waals surface area contributed by atoms with Crippen molar-refractivity contribution in [2.75, 3.05) is 52.9 Å². The Bertz CT molecular complexity index is 446. The number of thiophene rings is 1. The number of aliphatic imine (C=N–C) groups is 1. The first-order valence-electron chi connectivity index (χ1n) is 8.73. The highest BCUT2D eigenvalue weighted by atomic mass is 32.1. The monoisotopic (exact) mass is 337 g/mol. The fraction of sp³-hybridized carbons (Fsp3) is 0.706. The SMILES string of the molecule is CCNC(=NCc1cccs1)NCCCN1CCCN(C)CC1. The molecule has 0 unspecified atom stereocenters. The summed E-state index contributed by atoms with van der Waals surface area (Å²) in [6, 6.07) is 4.21. The van der Waals surface area contributed by atoms with Gasteiger partial charge in [-0.2, -0.15) is 0 Å². The van der Waals surface area contributed by atoms with Crippen LogP contribution in [0.3, 0.4) is 0 Å². The van der Waals surface area contributed by atoms with Crippen LogP contribution in [0.4, 0.5) is 0 Å². The molecule has 0 amide bonds. The summed E-state index contributed by atoms with van der Waals surface area (Å²) < 4.78 is 0. The summed E-state index contributed by atoms with van der Waals surface area (Å²) in [5.41, 5.74) is 0. The van der Waals surface area contributed by atoms with Gasteiger partial charge in [0.1, 0.15) is 0 Å². The molecule has 1 fully saturated rings. The van der Waals surface area contributed by atoms with E-state index in [4.69, 9.17) is 0 Å². The summed E-state index contributed by atoms with van der Waals surface area (Å²) in [5.74, 6) is 0.927. The largest absolute Gasteiger partial charge is 0.357 e. The van der Waals surface area contributed by atoms with Gasteiger partial charge in [-0.25, -0.2) is 4.99 Å². The maximum absolute atomic E-state index is 4.65. The molecule has 2 heterocycles. The summed E-state index contributed by atoms with van der Waals surface area (Å²) in [6.07, 6.45) is 2.45. The fourth-order valence-electron chi connectivity index (χ4n) is 2.73. The highest BCUT2D eigenvalue weighted by Gasteiger charge is 2.11. The van der Waals surface area contributed by atoms with Gasteiger partial charge in [-0.1, -0.05) is 6.07 Å². The number of guanidine groups is 1. The molecule has 5 nitrogen and oxygen atoms in total. The van der Waals surface area contributed by atoms with Crippen molar-refractivity contribution in [1.29, 1.82) is 0 Å². The average molecular weight is 338 g/mol. The number of hydrogen-bond acceptors (Lipinski definition) is 4. The first kappa shape index (κ1) is 18.2. The normalized spacial score (nSPS) is 17.9. The van der Waals surface area contributed by atoms with E-state index in [1.54, 1.807) is 11.3 Å². The van der Waals surface area contributed by atoms with Gasteiger partial charge in [0.15, 0.2) is 5.96 Å². The number of likely N-dealkylation sites (N-methyl/N-ethyl adjacent to an activating group) is 1. The Balaban J connectivity index is 1.66. The number of nitrogens with one attached hydrogen (secondary N) is 2. The molecule has 0 aromatic carbocycles. The van der Waals surface area contributed by atoms with E-state index in [1.165, 1.54) is 44.0 Å². The molecule has 0 spiro atoms. The van der Waals surface area contributed by atoms with Crippen LogP contribution in [-0.2, 0) is 6.54 Å². The highest BCUT2D eigenvalue weighted by Crippen LogP contribution is 2.09. The third kappa shape index (κ3) is 7.33. The first-order valence-corrected chi connectivity index (χ1v) is 9.61. The molecule has 1 saturated heterocycles. The van der Waals surface area contributed by atoms with E-state index in [1.807, 2.05) is 0 Å². The Morgan fingerprint density at radius 2 is 2.17 bits per heavy atom. The highest BCUT2D eigenvalue weighted by molar-refractivity contribution is 7.09. The molecule has 0 aliphatic carbocycles. The second kappa shape index (κ2) is 10.6. The molecule has 1 aromatic rings. The standard InChI is InChI=1S/C17H31N5S/c1-3-18-17(20-15-16-7-4-14-23-16)19-8-5-10-22-11-6-9-21(2)12-13-22/h4,7,14H,3,5-6,8-13,15H2,1-2H3,(H2,18,19,20). The van der Waals surface area contributed by atoms with Crippen molar-refractivity contribution in [1.82, 2.24) is 20.4 Å². The summed E-state index contributed by atoms with van der Waals surface area (Å²) >= 11 is 1.76. The van der Waals surface area contributed by atoms with Crippen LogP contribution in [0, 0.1) is 0 Å². The molecule has 1 aliphatic rings. The predicted octanol–water partition coefficient (Wildman–Crippen LogP) is 1.83. The lowest BCUT2D eigenvalue weighted by atomic mass is 10.3. The third-order valence-corrected chi connectivity index (χ3v) is 4.93. The zero-order valence-electron chi connectivity index (χ0n) is 14.6. The van der Waals surface area contributed by atoms with Gasteiger partial charge < -0.3 is 20.4 Å². The Hall–Kier alpha value is -1.11. The molecule has 23 heavy (non-hydrogen) atoms. The van der Waals surface area contributed by atoms with Crippen LogP contribution < -0.4 is 10.6 Å². The molecule has 1 aliphatic heterocycles. The van der Waals surface area contributed by atoms with Crippen LogP contribution in [0.25, 0.3) is 0 Å². The van der Waals surface area contributed by atoms with Gasteiger partial charge in [-0.05, 0) is 57.9 Å². The molecule has 0 radical (unpaired) electrons. The third-order valence-electron chi connectivity index (χ3n) is 4.07. The molecule has 130 valence electrons. The zero-order valence-corrected chi connectivity index (χ0v) is 15.4. The number of hydrogen-bond donors (Lipinski definition) is 2. The van der Waals surface area contributed by atoms with Crippen LogP contribution in [0.15, 0.2) is 22.5 Å². The minimum atomic E-state index is 0.755. The van der Waals surface area contributed by atoms with E-state index in [-0.39, 0.29) is 0 Å². The Kier molecular flexibility index (Phi) is 8.42. The van der Waals surface area contributed by atoms with Gasteiger partial charge in [0.25, 0.3) is 0 Å². The predicted molar refractivity (Wildman–Crippen MR) is 100 cm³/mol. The first-order chi connectivity index (χ1) is 11.3. The van der Waals surface area contributed by atoms with Crippen molar-refractivity contribution in [2.24, 2.45) is 4.99 Å². The van der Waals surface area contributed by atoms with E-state index >= 15 is 0 Å². The molecule has 6 heteroatoms. The van der Waals surface area contributed by atoms with E-state index in [2.05, 4.69) is 56.9 Å². The van der Waals surface area contributed by atoms with Crippen molar-refractivity contribution in [3.8, 4) is 0 Å². The second-order valence-electron chi connectivity index (χ2n) is 6.05. The van der Waals surface area contributed by atoms with Crippen molar-refractivity contribution in [2.45, 2.75) is 26.3 Å². The minimum Gasteiger partial charge on any atom is -0.357 e. The lowest BCUT2D eigenvalue weighted by molar-refractivity contribution is 0.274. The van der Waals surface area contributed by atoms with Crippen LogP contribution >= 0.6 is 11.3 Å². The van der Waals surface area contributed by atoms with Crippen molar-refractivity contribution >= 4 is 17.3 Å². The van der Waals surface area contributed by atoms with Crippen molar-refractivity contribution in [3.63, 3.8) is 0 Å². The summed E-state index contributed by atoms with van der Waals surface area (Å²) in [4.78, 5) is 11.0. The van der Waals surface area contributed by atoms with E-state index in [9.17, 15) is 0 Å². The average Bonchev–Trinajstić information content (AvgIpc) is 2.98. The lowest BCUT2D eigenvalue weighted by Gasteiger charge is -2.20. The van der Waals surface area contributed by atoms with Gasteiger partial charge in [-0.3, -0.25) is 0 Å². The molecule has 0 atom stereocenters. The summed E-state index contributed by atoms with van der Waals surface area (Å²) in [6.45, 7) is 10.8. The number of nitrogens with zero attached hydrogens (tertiary/aromatic N) is 3. The quantitative estimate of drug-likeness (QED) is 0.453. The van der Waals surface area contributed by atoms with E-state index in [0.717, 1.165) is 32.0 Å². The number of rotatable bonds is 7. The Labute approximate surface area is 144 Å². The smallest absolute Gasteiger partial charge is 0.191 e. The van der Waals surface area contributed by atoms with Crippen molar-refractivity contribution < 1.29 is 0 Å². The van der Waals surface area contributed by atoms with Gasteiger partial charge in [0.2, 0.25) is 0 Å². The molecule has 0 bridgehead atoms. The molecular formula is C17H31N5S. The van der Waals surface area contributed by atoms with Gasteiger partial charge in [0.05, 0.1) is 6.54 Å². The van der Waals surface area contributed by atoms with Gasteiger partial charge in [0, 0.05) is 31.1 Å². The van der Waals surface area contributed by atoms with E-state index in [0.29, 0.717) is 0 Å². The molecular weight excluding hydrogens is 306 g/mol. The fourth-order valence-corrected chi connectivity index (χ4v) is 3.36. The molecule has 0 saturated carbocycles. The zero-order chi connectivity index (χ0) is 16.3. The Morgan fingerprint density at radius 1 is 1.26 bits per heavy atom. The molecule has 1 aromatic heterocycles. The van der Waals surface area contributed by atoms with Crippen molar-refractivity contribution in [3.05, 3.63) is 22.4 Å². The summed E-state index contributed by atoms with van der Waals surface area (Å²) in [7, 11) is 2.22. The maximum atomic E-state index is 4.65. The molecule has 2 rings (SSSR count). The van der Waals surface area contributed by atoms with Gasteiger partial charge >= 0.3 is 0 Å². The second-order valence-corrected chi connectivity index (χ2v) is 7.09. The topological polar surface area (TPSA) is 42.9 Å². The van der Waals surface area contributed by atoms with E-state index < -0.39 is 0 Å². The minimum absolute atomic E-state index is 0.755. The van der Waals surface area contributed by atoms with Crippen LogP contribution in [-0.4, -0.2) is 68.6 Å². The van der Waals surface area contributed by atoms with Crippen LogP contribution in [0.5, 0.6) is 0 Å². The lowest BCUT2D eigenvalue weighted by Crippen LogP contribution is -2.39. The summed E-state index contributed by atoms with van der Waals surface area (Å²) in [5, 5.41) is 8.88. The van der Waals surface area contributed by atoms with Gasteiger partial charge in [-0.15, -0.1) is 11.3 Å². The molecule has 2 N–H and O–H groups in total. The van der Waals surface area contributed by atoms with Crippen LogP contribution in [0.2, 0.25) is 0 Å². The maximum Gasteiger partial charge on any atom is 0.191 e.